The zero-order valence-corrected chi connectivity index (χ0v) is 17.1. The molecule has 1 saturated heterocycles. The Balaban J connectivity index is 2.32. The van der Waals surface area contributed by atoms with Crippen LogP contribution in [0.1, 0.15) is 36.1 Å². The summed E-state index contributed by atoms with van der Waals surface area (Å²) in [7, 11) is 2.94. The van der Waals surface area contributed by atoms with Crippen molar-refractivity contribution in [3.05, 3.63) is 64.7 Å². The maximum absolute atomic E-state index is 13.0. The summed E-state index contributed by atoms with van der Waals surface area (Å²) in [5, 5.41) is 11.3. The lowest BCUT2D eigenvalue weighted by Gasteiger charge is -2.26. The van der Waals surface area contributed by atoms with Gasteiger partial charge in [0.05, 0.1) is 25.8 Å². The van der Waals surface area contributed by atoms with Crippen molar-refractivity contribution in [3.63, 3.8) is 0 Å². The first-order chi connectivity index (χ1) is 14.0. The van der Waals surface area contributed by atoms with Gasteiger partial charge in [-0.25, -0.2) is 0 Å². The van der Waals surface area contributed by atoms with Gasteiger partial charge in [-0.05, 0) is 36.6 Å². The zero-order valence-electron chi connectivity index (χ0n) is 17.1. The maximum Gasteiger partial charge on any atom is 0.295 e. The minimum absolute atomic E-state index is 0.0422. The van der Waals surface area contributed by atoms with Crippen molar-refractivity contribution in [1.29, 1.82) is 0 Å². The van der Waals surface area contributed by atoms with E-state index in [1.165, 1.54) is 19.1 Å². The highest BCUT2D eigenvalue weighted by atomic mass is 16.5. The van der Waals surface area contributed by atoms with Crippen LogP contribution < -0.4 is 9.47 Å². The molecule has 29 heavy (non-hydrogen) atoms. The van der Waals surface area contributed by atoms with Crippen LogP contribution in [0, 0.1) is 6.92 Å². The van der Waals surface area contributed by atoms with Gasteiger partial charge in [0.25, 0.3) is 11.7 Å². The van der Waals surface area contributed by atoms with Crippen molar-refractivity contribution in [2.24, 2.45) is 0 Å². The molecule has 1 aliphatic rings. The van der Waals surface area contributed by atoms with Crippen molar-refractivity contribution in [2.75, 3.05) is 20.8 Å². The second-order valence-electron chi connectivity index (χ2n) is 6.89. The molecule has 0 spiro atoms. The normalized spacial score (nSPS) is 18.2. The number of benzene rings is 2. The van der Waals surface area contributed by atoms with Crippen molar-refractivity contribution in [3.8, 4) is 11.5 Å². The number of ether oxygens (including phenoxy) is 2. The second kappa shape index (κ2) is 8.39. The molecule has 0 radical (unpaired) electrons. The van der Waals surface area contributed by atoms with E-state index in [0.717, 1.165) is 11.1 Å². The average Bonchev–Trinajstić information content (AvgIpc) is 2.98. The zero-order chi connectivity index (χ0) is 21.1. The Hall–Kier alpha value is -3.28. The molecule has 1 N–H and O–H groups in total. The molecule has 0 aliphatic carbocycles. The number of hydrogen-bond donors (Lipinski definition) is 1. The van der Waals surface area contributed by atoms with Gasteiger partial charge in [0.2, 0.25) is 0 Å². The third-order valence-corrected chi connectivity index (χ3v) is 5.15. The lowest BCUT2D eigenvalue weighted by atomic mass is 9.92. The fourth-order valence-electron chi connectivity index (χ4n) is 3.79. The summed E-state index contributed by atoms with van der Waals surface area (Å²) in [5.41, 5.74) is 2.03. The summed E-state index contributed by atoms with van der Waals surface area (Å²) in [6, 6.07) is 11.9. The van der Waals surface area contributed by atoms with Gasteiger partial charge >= 0.3 is 0 Å². The van der Waals surface area contributed by atoms with Gasteiger partial charge in [-0.2, -0.15) is 0 Å². The van der Waals surface area contributed by atoms with E-state index in [0.29, 0.717) is 24.5 Å². The molecule has 0 aromatic heterocycles. The van der Waals surface area contributed by atoms with Crippen molar-refractivity contribution in [1.82, 2.24) is 4.90 Å². The van der Waals surface area contributed by atoms with E-state index in [1.807, 2.05) is 38.1 Å². The average molecular weight is 395 g/mol. The van der Waals surface area contributed by atoms with Crippen LogP contribution in [0.15, 0.2) is 48.0 Å². The molecular formula is C23H25NO5. The van der Waals surface area contributed by atoms with Gasteiger partial charge in [0, 0.05) is 6.54 Å². The number of likely N-dealkylation sites (tertiary alicyclic amines) is 1. The number of amides is 1. The van der Waals surface area contributed by atoms with E-state index in [2.05, 4.69) is 0 Å². The quantitative estimate of drug-likeness (QED) is 0.457. The predicted octanol–water partition coefficient (Wildman–Crippen LogP) is 3.84. The molecule has 1 amide bonds. The molecule has 2 aromatic carbocycles. The molecule has 3 rings (SSSR count). The Labute approximate surface area is 170 Å². The summed E-state index contributed by atoms with van der Waals surface area (Å²) in [5.74, 6) is -0.920. The Morgan fingerprint density at radius 3 is 2.21 bits per heavy atom. The van der Waals surface area contributed by atoms with E-state index >= 15 is 0 Å². The number of ketones is 1. The number of aryl methyl sites for hydroxylation is 1. The summed E-state index contributed by atoms with van der Waals surface area (Å²) in [6.45, 7) is 4.27. The van der Waals surface area contributed by atoms with Crippen molar-refractivity contribution < 1.29 is 24.2 Å². The van der Waals surface area contributed by atoms with Crippen LogP contribution >= 0.6 is 0 Å². The molecule has 1 aliphatic heterocycles. The molecule has 0 bridgehead atoms. The van der Waals surface area contributed by atoms with Crippen LogP contribution in [0.2, 0.25) is 0 Å². The number of rotatable bonds is 6. The summed E-state index contributed by atoms with van der Waals surface area (Å²) in [4.78, 5) is 27.3. The molecule has 6 heteroatoms. The molecule has 6 nitrogen and oxygen atoms in total. The third-order valence-electron chi connectivity index (χ3n) is 5.15. The van der Waals surface area contributed by atoms with E-state index in [9.17, 15) is 14.7 Å². The summed E-state index contributed by atoms with van der Waals surface area (Å²) < 4.78 is 10.8. The van der Waals surface area contributed by atoms with Gasteiger partial charge in [-0.15, -0.1) is 0 Å². The Morgan fingerprint density at radius 1 is 1.03 bits per heavy atom. The monoisotopic (exact) mass is 395 g/mol. The number of aliphatic hydroxyl groups is 1. The Kier molecular flexibility index (Phi) is 5.92. The van der Waals surface area contributed by atoms with Gasteiger partial charge in [0.15, 0.2) is 0 Å². The fourth-order valence-corrected chi connectivity index (χ4v) is 3.79. The van der Waals surface area contributed by atoms with E-state index < -0.39 is 17.7 Å². The standard InChI is InChI=1S/C23H25NO5/c1-5-13-24-20(15-10-7-6-9-14(15)2)19(22(26)23(24)27)21(25)18-16(28-3)11-8-12-17(18)29-4/h6-12,20,25H,5,13H2,1-4H3/b21-19+. The number of methoxy groups -OCH3 is 2. The number of hydrogen-bond acceptors (Lipinski definition) is 5. The second-order valence-corrected chi connectivity index (χ2v) is 6.89. The first kappa shape index (κ1) is 20.5. The molecule has 1 fully saturated rings. The SMILES string of the molecule is CCCN1C(=O)C(=O)/C(=C(/O)c2c(OC)cccc2OC)C1c1ccccc1C. The smallest absolute Gasteiger partial charge is 0.295 e. The van der Waals surface area contributed by atoms with Crippen LogP contribution in [0.5, 0.6) is 11.5 Å². The lowest BCUT2D eigenvalue weighted by Crippen LogP contribution is -2.30. The van der Waals surface area contributed by atoms with Gasteiger partial charge in [0.1, 0.15) is 22.8 Å². The summed E-state index contributed by atoms with van der Waals surface area (Å²) in [6.07, 6.45) is 0.688. The Morgan fingerprint density at radius 2 is 1.66 bits per heavy atom. The number of carbonyl (C=O) groups is 2. The van der Waals surface area contributed by atoms with Crippen molar-refractivity contribution >= 4 is 17.4 Å². The molecule has 1 unspecified atom stereocenters. The van der Waals surface area contributed by atoms with Gasteiger partial charge < -0.3 is 19.5 Å². The van der Waals surface area contributed by atoms with Crippen molar-refractivity contribution in [2.45, 2.75) is 26.3 Å². The molecule has 152 valence electrons. The van der Waals surface area contributed by atoms with E-state index in [4.69, 9.17) is 9.47 Å². The lowest BCUT2D eigenvalue weighted by molar-refractivity contribution is -0.139. The highest BCUT2D eigenvalue weighted by molar-refractivity contribution is 6.46. The van der Waals surface area contributed by atoms with Crippen LogP contribution in [0.3, 0.4) is 0 Å². The molecule has 2 aromatic rings. The van der Waals surface area contributed by atoms with Gasteiger partial charge in [-0.1, -0.05) is 37.3 Å². The minimum Gasteiger partial charge on any atom is -0.506 e. The van der Waals surface area contributed by atoms with Gasteiger partial charge in [-0.3, -0.25) is 9.59 Å². The van der Waals surface area contributed by atoms with E-state index in [-0.39, 0.29) is 16.9 Å². The molecule has 1 atom stereocenters. The molecular weight excluding hydrogens is 370 g/mol. The molecule has 0 saturated carbocycles. The number of Topliss-reactive ketones (excluding diaryl/α,β-unsaturated/α-hetero) is 1. The highest BCUT2D eigenvalue weighted by Gasteiger charge is 2.46. The predicted molar refractivity (Wildman–Crippen MR) is 110 cm³/mol. The Bertz CT molecular complexity index is 957. The van der Waals surface area contributed by atoms with E-state index in [1.54, 1.807) is 18.2 Å². The topological polar surface area (TPSA) is 76.1 Å². The van der Waals surface area contributed by atoms with Crippen LogP contribution in [0.25, 0.3) is 5.76 Å². The van der Waals surface area contributed by atoms with Crippen LogP contribution in [-0.4, -0.2) is 42.5 Å². The maximum atomic E-state index is 13.0. The minimum atomic E-state index is -0.711. The largest absolute Gasteiger partial charge is 0.506 e. The number of nitrogens with zero attached hydrogens (tertiary/aromatic N) is 1. The number of aliphatic hydroxyl groups excluding tert-OH is 1. The van der Waals surface area contributed by atoms with Crippen LogP contribution in [-0.2, 0) is 9.59 Å². The highest BCUT2D eigenvalue weighted by Crippen LogP contribution is 2.44. The summed E-state index contributed by atoms with van der Waals surface area (Å²) >= 11 is 0. The fraction of sp³-hybridized carbons (Fsp3) is 0.304. The number of carbonyl (C=O) groups excluding carboxylic acids is 2. The third kappa shape index (κ3) is 3.46. The van der Waals surface area contributed by atoms with Crippen LogP contribution in [0.4, 0.5) is 0 Å². The first-order valence-electron chi connectivity index (χ1n) is 9.51. The molecule has 1 heterocycles. The first-order valence-corrected chi connectivity index (χ1v) is 9.51.